The van der Waals surface area contributed by atoms with Crippen LogP contribution in [0.25, 0.3) is 0 Å². The lowest BCUT2D eigenvalue weighted by Gasteiger charge is -2.23. The fourth-order valence-corrected chi connectivity index (χ4v) is 1.62. The van der Waals surface area contributed by atoms with Crippen molar-refractivity contribution < 1.29 is 14.0 Å². The average Bonchev–Trinajstić information content (AvgIpc) is 2.34. The van der Waals surface area contributed by atoms with Crippen molar-refractivity contribution in [2.75, 3.05) is 27.7 Å². The standard InChI is InChI=1S/C10H20NO2/c1-11(2,3)8-10(12)13-9-6-4-5-7-9/h9H,4-8H2,1-3H3/q+1. The molecular weight excluding hydrogens is 166 g/mol. The van der Waals surface area contributed by atoms with Gasteiger partial charge in [0.1, 0.15) is 6.10 Å². The Kier molecular flexibility index (Phi) is 3.31. The first-order valence-corrected chi connectivity index (χ1v) is 4.97. The van der Waals surface area contributed by atoms with Crippen molar-refractivity contribution in [1.29, 1.82) is 0 Å². The van der Waals surface area contributed by atoms with E-state index >= 15 is 0 Å². The highest BCUT2D eigenvalue weighted by Crippen LogP contribution is 2.21. The van der Waals surface area contributed by atoms with E-state index in [0.717, 1.165) is 12.8 Å². The molecule has 0 bridgehead atoms. The number of esters is 1. The molecule has 1 rings (SSSR count). The lowest BCUT2D eigenvalue weighted by Crippen LogP contribution is -2.41. The first-order valence-electron chi connectivity index (χ1n) is 4.97. The molecular formula is C10H20NO2+. The van der Waals surface area contributed by atoms with Gasteiger partial charge in [0.2, 0.25) is 0 Å². The zero-order chi connectivity index (χ0) is 9.90. The fraction of sp³-hybridized carbons (Fsp3) is 0.900. The molecule has 0 spiro atoms. The lowest BCUT2D eigenvalue weighted by molar-refractivity contribution is -0.862. The lowest BCUT2D eigenvalue weighted by atomic mass is 10.3. The second-order valence-electron chi connectivity index (χ2n) is 4.84. The van der Waals surface area contributed by atoms with E-state index in [9.17, 15) is 4.79 Å². The summed E-state index contributed by atoms with van der Waals surface area (Å²) in [4.78, 5) is 11.4. The second kappa shape index (κ2) is 4.09. The number of hydrogen-bond donors (Lipinski definition) is 0. The molecule has 3 nitrogen and oxygen atoms in total. The molecule has 0 aromatic heterocycles. The summed E-state index contributed by atoms with van der Waals surface area (Å²) in [5, 5.41) is 0. The van der Waals surface area contributed by atoms with Crippen LogP contribution in [0.4, 0.5) is 0 Å². The molecule has 0 aliphatic heterocycles. The van der Waals surface area contributed by atoms with Gasteiger partial charge in [0, 0.05) is 0 Å². The van der Waals surface area contributed by atoms with E-state index < -0.39 is 0 Å². The topological polar surface area (TPSA) is 26.3 Å². The van der Waals surface area contributed by atoms with Crippen molar-refractivity contribution in [2.24, 2.45) is 0 Å². The Morgan fingerprint density at radius 1 is 1.31 bits per heavy atom. The van der Waals surface area contributed by atoms with E-state index in [0.29, 0.717) is 11.0 Å². The van der Waals surface area contributed by atoms with E-state index in [1.807, 2.05) is 21.1 Å². The number of likely N-dealkylation sites (N-methyl/N-ethyl adjacent to an activating group) is 1. The van der Waals surface area contributed by atoms with Crippen LogP contribution in [-0.2, 0) is 9.53 Å². The predicted octanol–water partition coefficient (Wildman–Crippen LogP) is 1.18. The minimum Gasteiger partial charge on any atom is -0.458 e. The van der Waals surface area contributed by atoms with Gasteiger partial charge in [0.25, 0.3) is 0 Å². The molecule has 3 heteroatoms. The van der Waals surface area contributed by atoms with Crippen molar-refractivity contribution in [3.8, 4) is 0 Å². The summed E-state index contributed by atoms with van der Waals surface area (Å²) in [6, 6.07) is 0. The monoisotopic (exact) mass is 186 g/mol. The largest absolute Gasteiger partial charge is 0.458 e. The Morgan fingerprint density at radius 3 is 2.31 bits per heavy atom. The number of carbonyl (C=O) groups is 1. The normalized spacial score (nSPS) is 19.0. The Labute approximate surface area is 80.3 Å². The van der Waals surface area contributed by atoms with E-state index in [-0.39, 0.29) is 12.1 Å². The van der Waals surface area contributed by atoms with Gasteiger partial charge in [0.05, 0.1) is 21.1 Å². The number of nitrogens with zero attached hydrogens (tertiary/aromatic N) is 1. The molecule has 0 atom stereocenters. The molecule has 13 heavy (non-hydrogen) atoms. The number of ether oxygens (including phenoxy) is 1. The summed E-state index contributed by atoms with van der Waals surface area (Å²) in [6.07, 6.45) is 4.75. The zero-order valence-corrected chi connectivity index (χ0v) is 8.88. The summed E-state index contributed by atoms with van der Waals surface area (Å²) in [5.74, 6) is -0.0561. The van der Waals surface area contributed by atoms with Gasteiger partial charge >= 0.3 is 5.97 Å². The van der Waals surface area contributed by atoms with Crippen molar-refractivity contribution in [2.45, 2.75) is 31.8 Å². The van der Waals surface area contributed by atoms with E-state index in [2.05, 4.69) is 0 Å². The predicted molar refractivity (Wildman–Crippen MR) is 51.2 cm³/mol. The zero-order valence-electron chi connectivity index (χ0n) is 8.88. The van der Waals surface area contributed by atoms with Gasteiger partial charge in [-0.25, -0.2) is 4.79 Å². The number of carbonyl (C=O) groups excluding carboxylic acids is 1. The molecule has 0 heterocycles. The molecule has 76 valence electrons. The summed E-state index contributed by atoms with van der Waals surface area (Å²) < 4.78 is 5.98. The molecule has 0 saturated heterocycles. The Morgan fingerprint density at radius 2 is 1.85 bits per heavy atom. The van der Waals surface area contributed by atoms with E-state index in [4.69, 9.17) is 4.74 Å². The molecule has 0 N–H and O–H groups in total. The molecule has 0 aromatic carbocycles. The highest BCUT2D eigenvalue weighted by molar-refractivity contribution is 5.70. The van der Waals surface area contributed by atoms with Crippen LogP contribution in [0.1, 0.15) is 25.7 Å². The summed E-state index contributed by atoms with van der Waals surface area (Å²) >= 11 is 0. The quantitative estimate of drug-likeness (QED) is 0.488. The average molecular weight is 186 g/mol. The van der Waals surface area contributed by atoms with Crippen LogP contribution in [0.15, 0.2) is 0 Å². The SMILES string of the molecule is C[N+](C)(C)CC(=O)OC1CCCC1. The van der Waals surface area contributed by atoms with Gasteiger partial charge in [-0.3, -0.25) is 0 Å². The van der Waals surface area contributed by atoms with Gasteiger partial charge in [-0.2, -0.15) is 0 Å². The third-order valence-electron chi connectivity index (χ3n) is 2.20. The Bertz CT molecular complexity index is 178. The van der Waals surface area contributed by atoms with E-state index in [1.165, 1.54) is 12.8 Å². The van der Waals surface area contributed by atoms with Gasteiger partial charge in [-0.15, -0.1) is 0 Å². The van der Waals surface area contributed by atoms with Crippen LogP contribution < -0.4 is 0 Å². The minimum absolute atomic E-state index is 0.0561. The maximum atomic E-state index is 11.4. The molecule has 0 aromatic rings. The van der Waals surface area contributed by atoms with Gasteiger partial charge in [0.15, 0.2) is 6.54 Å². The second-order valence-corrected chi connectivity index (χ2v) is 4.84. The maximum absolute atomic E-state index is 11.4. The number of quaternary nitrogens is 1. The van der Waals surface area contributed by atoms with Crippen LogP contribution in [0.5, 0.6) is 0 Å². The highest BCUT2D eigenvalue weighted by atomic mass is 16.5. The van der Waals surface area contributed by atoms with Crippen LogP contribution in [0.2, 0.25) is 0 Å². The maximum Gasteiger partial charge on any atom is 0.362 e. The summed E-state index contributed by atoms with van der Waals surface area (Å²) in [5.41, 5.74) is 0. The van der Waals surface area contributed by atoms with Gasteiger partial charge in [-0.05, 0) is 25.7 Å². The molecule has 1 aliphatic rings. The Balaban J connectivity index is 2.24. The molecule has 1 aliphatic carbocycles. The van der Waals surface area contributed by atoms with Crippen LogP contribution in [0, 0.1) is 0 Å². The van der Waals surface area contributed by atoms with Crippen LogP contribution in [0.3, 0.4) is 0 Å². The molecule has 1 fully saturated rings. The van der Waals surface area contributed by atoms with E-state index in [1.54, 1.807) is 0 Å². The smallest absolute Gasteiger partial charge is 0.362 e. The first-order chi connectivity index (χ1) is 5.97. The van der Waals surface area contributed by atoms with Crippen molar-refractivity contribution in [1.82, 2.24) is 0 Å². The summed E-state index contributed by atoms with van der Waals surface area (Å²) in [6.45, 7) is 0.469. The van der Waals surface area contributed by atoms with Gasteiger partial charge < -0.3 is 9.22 Å². The van der Waals surface area contributed by atoms with Gasteiger partial charge in [-0.1, -0.05) is 0 Å². The molecule has 0 amide bonds. The van der Waals surface area contributed by atoms with Crippen molar-refractivity contribution in [3.63, 3.8) is 0 Å². The van der Waals surface area contributed by atoms with Crippen molar-refractivity contribution in [3.05, 3.63) is 0 Å². The highest BCUT2D eigenvalue weighted by Gasteiger charge is 2.22. The van der Waals surface area contributed by atoms with Crippen LogP contribution >= 0.6 is 0 Å². The summed E-state index contributed by atoms with van der Waals surface area (Å²) in [7, 11) is 5.99. The first kappa shape index (κ1) is 10.5. The molecule has 1 saturated carbocycles. The number of hydrogen-bond acceptors (Lipinski definition) is 2. The fourth-order valence-electron chi connectivity index (χ4n) is 1.62. The van der Waals surface area contributed by atoms with Crippen molar-refractivity contribution >= 4 is 5.97 Å². The Hall–Kier alpha value is -0.570. The third kappa shape index (κ3) is 4.27. The molecule has 0 radical (unpaired) electrons. The molecule has 0 unspecified atom stereocenters. The van der Waals surface area contributed by atoms with Crippen LogP contribution in [-0.4, -0.2) is 44.2 Å². The number of rotatable bonds is 3. The third-order valence-corrected chi connectivity index (χ3v) is 2.20. The minimum atomic E-state index is -0.0561.